The molecule has 0 fully saturated rings. The molecule has 0 saturated heterocycles. The molecule has 168 valence electrons. The van der Waals surface area contributed by atoms with Crippen LogP contribution < -0.4 is 0 Å². The van der Waals surface area contributed by atoms with Crippen molar-refractivity contribution in [2.75, 3.05) is 0 Å². The van der Waals surface area contributed by atoms with Gasteiger partial charge in [-0.15, -0.1) is 0 Å². The Bertz CT molecular complexity index is 545. The predicted molar refractivity (Wildman–Crippen MR) is 116 cm³/mol. The highest BCUT2D eigenvalue weighted by Gasteiger charge is 2.31. The molecule has 0 aromatic heterocycles. The quantitative estimate of drug-likeness (QED) is 0.0854. The summed E-state index contributed by atoms with van der Waals surface area (Å²) in [4.78, 5) is 37.3. The lowest BCUT2D eigenvalue weighted by Crippen LogP contribution is -2.26. The highest BCUT2D eigenvalue weighted by Crippen LogP contribution is 2.22. The third-order valence-corrected chi connectivity index (χ3v) is 5.07. The molecule has 1 unspecified atom stereocenters. The number of hydrogen-bond donors (Lipinski definition) is 1. The van der Waals surface area contributed by atoms with E-state index < -0.39 is 29.6 Å². The molecule has 5 heteroatoms. The van der Waals surface area contributed by atoms with Gasteiger partial charge in [0.25, 0.3) is 0 Å². The van der Waals surface area contributed by atoms with Crippen LogP contribution in [0.1, 0.15) is 106 Å². The van der Waals surface area contributed by atoms with Crippen LogP contribution in [-0.4, -0.2) is 22.8 Å². The average molecular weight is 411 g/mol. The number of carbonyl (C=O) groups is 3. The van der Waals surface area contributed by atoms with E-state index in [0.29, 0.717) is 18.8 Å². The van der Waals surface area contributed by atoms with Crippen molar-refractivity contribution >= 4 is 17.7 Å². The Morgan fingerprint density at radius 2 is 1.38 bits per heavy atom. The molecule has 5 nitrogen and oxygen atoms in total. The zero-order valence-electron chi connectivity index (χ0n) is 19.4. The summed E-state index contributed by atoms with van der Waals surface area (Å²) in [7, 11) is 0. The lowest BCUT2D eigenvalue weighted by Gasteiger charge is -2.16. The molecule has 0 aromatic carbocycles. The van der Waals surface area contributed by atoms with E-state index in [1.54, 1.807) is 20.8 Å². The fourth-order valence-corrected chi connectivity index (χ4v) is 3.01. The molecule has 1 N–H and O–H groups in total. The molecular weight excluding hydrogens is 368 g/mol. The molecule has 0 heterocycles. The van der Waals surface area contributed by atoms with Crippen molar-refractivity contribution in [2.45, 2.75) is 106 Å². The van der Waals surface area contributed by atoms with Crippen molar-refractivity contribution < 1.29 is 24.2 Å². The number of esters is 2. The van der Waals surface area contributed by atoms with Crippen LogP contribution in [0.25, 0.3) is 0 Å². The molecule has 29 heavy (non-hydrogen) atoms. The highest BCUT2D eigenvalue weighted by molar-refractivity contribution is 6.20. The SMILES string of the molecule is CCCCCCCCCC(=O)OC(=O)C(C(=O)C(C)CCC(C)C)=C(O)C(C)C. The van der Waals surface area contributed by atoms with Gasteiger partial charge >= 0.3 is 11.9 Å². The molecule has 0 spiro atoms. The maximum absolute atomic E-state index is 12.8. The Labute approximate surface area is 177 Å². The van der Waals surface area contributed by atoms with E-state index in [1.807, 2.05) is 0 Å². The van der Waals surface area contributed by atoms with E-state index >= 15 is 0 Å². The summed E-state index contributed by atoms with van der Waals surface area (Å²) in [5, 5.41) is 10.3. The minimum atomic E-state index is -1.02. The largest absolute Gasteiger partial charge is 0.511 e. The van der Waals surface area contributed by atoms with Gasteiger partial charge in [0.2, 0.25) is 0 Å². The van der Waals surface area contributed by atoms with Gasteiger partial charge in [-0.05, 0) is 18.8 Å². The Kier molecular flexibility index (Phi) is 14.4. The lowest BCUT2D eigenvalue weighted by molar-refractivity contribution is -0.157. The van der Waals surface area contributed by atoms with E-state index in [1.165, 1.54) is 19.3 Å². The third kappa shape index (κ3) is 11.8. The molecular formula is C24H42O5. The smallest absolute Gasteiger partial charge is 0.352 e. The monoisotopic (exact) mass is 410 g/mol. The molecule has 0 aromatic rings. The standard InChI is InChI=1S/C24H42O5/c1-7-8-9-10-11-12-13-14-20(25)29-24(28)21(22(26)18(4)5)23(27)19(6)16-15-17(2)3/h17-19,26H,7-16H2,1-6H3. The Morgan fingerprint density at radius 1 is 0.828 bits per heavy atom. The van der Waals surface area contributed by atoms with Crippen LogP contribution >= 0.6 is 0 Å². The van der Waals surface area contributed by atoms with Gasteiger partial charge in [0.05, 0.1) is 0 Å². The van der Waals surface area contributed by atoms with E-state index in [-0.39, 0.29) is 17.8 Å². The van der Waals surface area contributed by atoms with Gasteiger partial charge in [-0.25, -0.2) is 4.79 Å². The fourth-order valence-electron chi connectivity index (χ4n) is 3.01. The van der Waals surface area contributed by atoms with E-state index in [4.69, 9.17) is 4.74 Å². The lowest BCUT2D eigenvalue weighted by atomic mass is 9.90. The molecule has 0 amide bonds. The number of allylic oxidation sites excluding steroid dienone is 1. The molecule has 1 atom stereocenters. The third-order valence-electron chi connectivity index (χ3n) is 5.07. The van der Waals surface area contributed by atoms with Crippen molar-refractivity contribution in [3.05, 3.63) is 11.3 Å². The Balaban J connectivity index is 4.80. The Hall–Kier alpha value is -1.65. The van der Waals surface area contributed by atoms with Gasteiger partial charge in [0.15, 0.2) is 5.78 Å². The molecule has 0 aliphatic carbocycles. The zero-order chi connectivity index (χ0) is 22.4. The number of ether oxygens (including phenoxy) is 1. The number of unbranched alkanes of at least 4 members (excludes halogenated alkanes) is 6. The second-order valence-corrected chi connectivity index (χ2v) is 8.78. The van der Waals surface area contributed by atoms with Gasteiger partial charge in [0, 0.05) is 18.3 Å². The number of aliphatic hydroxyl groups is 1. The van der Waals surface area contributed by atoms with Crippen LogP contribution in [0, 0.1) is 17.8 Å². The molecule has 0 saturated carbocycles. The van der Waals surface area contributed by atoms with Crippen LogP contribution in [-0.2, 0) is 19.1 Å². The van der Waals surface area contributed by atoms with Crippen LogP contribution in [0.15, 0.2) is 11.3 Å². The van der Waals surface area contributed by atoms with Crippen molar-refractivity contribution in [1.82, 2.24) is 0 Å². The summed E-state index contributed by atoms with van der Waals surface area (Å²) >= 11 is 0. The van der Waals surface area contributed by atoms with Crippen LogP contribution in [0.4, 0.5) is 0 Å². The minimum Gasteiger partial charge on any atom is -0.511 e. The first kappa shape index (κ1) is 27.4. The first-order valence-electron chi connectivity index (χ1n) is 11.3. The fraction of sp³-hybridized carbons (Fsp3) is 0.792. The van der Waals surface area contributed by atoms with Crippen molar-refractivity contribution in [3.63, 3.8) is 0 Å². The van der Waals surface area contributed by atoms with Crippen LogP contribution in [0.5, 0.6) is 0 Å². The summed E-state index contributed by atoms with van der Waals surface area (Å²) < 4.78 is 4.91. The van der Waals surface area contributed by atoms with E-state index in [9.17, 15) is 19.5 Å². The van der Waals surface area contributed by atoms with Crippen LogP contribution in [0.3, 0.4) is 0 Å². The number of ketones is 1. The van der Waals surface area contributed by atoms with Crippen molar-refractivity contribution in [2.24, 2.45) is 17.8 Å². The van der Waals surface area contributed by atoms with Gasteiger partial charge in [-0.2, -0.15) is 0 Å². The van der Waals surface area contributed by atoms with Crippen molar-refractivity contribution in [3.8, 4) is 0 Å². The number of rotatable bonds is 15. The number of hydrogen-bond acceptors (Lipinski definition) is 5. The van der Waals surface area contributed by atoms with Gasteiger partial charge in [-0.3, -0.25) is 9.59 Å². The zero-order valence-corrected chi connectivity index (χ0v) is 19.4. The van der Waals surface area contributed by atoms with E-state index in [2.05, 4.69) is 20.8 Å². The van der Waals surface area contributed by atoms with Gasteiger partial charge in [-0.1, -0.05) is 86.5 Å². The predicted octanol–water partition coefficient (Wildman–Crippen LogP) is 6.31. The summed E-state index contributed by atoms with van der Waals surface area (Å²) in [5.74, 6) is -2.81. The van der Waals surface area contributed by atoms with Crippen molar-refractivity contribution in [1.29, 1.82) is 0 Å². The molecule has 0 aliphatic heterocycles. The molecule has 0 aliphatic rings. The first-order chi connectivity index (χ1) is 13.6. The normalized spacial score (nSPS) is 13.4. The second kappa shape index (κ2) is 15.2. The summed E-state index contributed by atoms with van der Waals surface area (Å²) in [6, 6.07) is 0. The first-order valence-corrected chi connectivity index (χ1v) is 11.3. The molecule has 0 radical (unpaired) electrons. The Morgan fingerprint density at radius 3 is 1.90 bits per heavy atom. The van der Waals surface area contributed by atoms with E-state index in [0.717, 1.165) is 25.7 Å². The van der Waals surface area contributed by atoms with Gasteiger partial charge in [0.1, 0.15) is 11.3 Å². The van der Waals surface area contributed by atoms with Gasteiger partial charge < -0.3 is 9.84 Å². The second-order valence-electron chi connectivity index (χ2n) is 8.78. The number of aliphatic hydroxyl groups excluding tert-OH is 1. The maximum Gasteiger partial charge on any atom is 0.352 e. The number of carbonyl (C=O) groups excluding carboxylic acids is 3. The topological polar surface area (TPSA) is 80.7 Å². The highest BCUT2D eigenvalue weighted by atomic mass is 16.6. The minimum absolute atomic E-state index is 0.145. The molecule has 0 rings (SSSR count). The summed E-state index contributed by atoms with van der Waals surface area (Å²) in [6.45, 7) is 11.4. The molecule has 0 bridgehead atoms. The average Bonchev–Trinajstić information content (AvgIpc) is 2.65. The van der Waals surface area contributed by atoms with Crippen LogP contribution in [0.2, 0.25) is 0 Å². The summed E-state index contributed by atoms with van der Waals surface area (Å²) in [6.07, 6.45) is 9.03. The maximum atomic E-state index is 12.8. The summed E-state index contributed by atoms with van der Waals surface area (Å²) in [5.41, 5.74) is -0.371. The number of Topliss-reactive ketones (excluding diaryl/α,β-unsaturated/α-hetero) is 1.